The zero-order chi connectivity index (χ0) is 13.1. The van der Waals surface area contributed by atoms with Crippen LogP contribution in [0.5, 0.6) is 5.75 Å². The molecule has 0 aliphatic heterocycles. The summed E-state index contributed by atoms with van der Waals surface area (Å²) in [5.41, 5.74) is 0.619. The summed E-state index contributed by atoms with van der Waals surface area (Å²) in [7, 11) is 0. The van der Waals surface area contributed by atoms with Gasteiger partial charge in [0.15, 0.2) is 17.4 Å². The zero-order valence-electron chi connectivity index (χ0n) is 10.8. The van der Waals surface area contributed by atoms with E-state index in [1.807, 2.05) is 6.92 Å². The molecule has 1 aliphatic carbocycles. The van der Waals surface area contributed by atoms with Gasteiger partial charge in [0, 0.05) is 12.6 Å². The second-order valence-corrected chi connectivity index (χ2v) is 4.88. The molecule has 1 unspecified atom stereocenters. The standard InChI is InChI=1S/C14H19F2NO/c1-3-9(2)18-14-12(15)6-10(7-13(14)16)8-17-11-4-5-11/h6-7,9,11,17H,3-5,8H2,1-2H3. The molecule has 0 radical (unpaired) electrons. The number of ether oxygens (including phenoxy) is 1. The number of nitrogens with one attached hydrogen (secondary N) is 1. The van der Waals surface area contributed by atoms with Gasteiger partial charge in [0.25, 0.3) is 0 Å². The summed E-state index contributed by atoms with van der Waals surface area (Å²) in [5, 5.41) is 3.22. The zero-order valence-corrected chi connectivity index (χ0v) is 10.8. The number of halogens is 2. The lowest BCUT2D eigenvalue weighted by atomic mass is 10.2. The Hall–Kier alpha value is -1.16. The normalized spacial score (nSPS) is 16.7. The van der Waals surface area contributed by atoms with Gasteiger partial charge in [0.05, 0.1) is 6.10 Å². The lowest BCUT2D eigenvalue weighted by Gasteiger charge is -2.15. The van der Waals surface area contributed by atoms with Gasteiger partial charge in [-0.2, -0.15) is 0 Å². The lowest BCUT2D eigenvalue weighted by Crippen LogP contribution is -2.16. The molecule has 1 aromatic rings. The molecule has 100 valence electrons. The molecule has 0 saturated heterocycles. The summed E-state index contributed by atoms with van der Waals surface area (Å²) in [6.45, 7) is 4.21. The van der Waals surface area contributed by atoms with Crippen molar-refractivity contribution in [3.05, 3.63) is 29.3 Å². The Morgan fingerprint density at radius 2 is 1.94 bits per heavy atom. The van der Waals surface area contributed by atoms with Crippen molar-refractivity contribution in [3.63, 3.8) is 0 Å². The van der Waals surface area contributed by atoms with E-state index < -0.39 is 11.6 Å². The van der Waals surface area contributed by atoms with E-state index in [0.717, 1.165) is 12.8 Å². The summed E-state index contributed by atoms with van der Waals surface area (Å²) >= 11 is 0. The third-order valence-corrected chi connectivity index (χ3v) is 3.12. The third-order valence-electron chi connectivity index (χ3n) is 3.12. The fraction of sp³-hybridized carbons (Fsp3) is 0.571. The molecule has 1 fully saturated rings. The van der Waals surface area contributed by atoms with Gasteiger partial charge in [-0.15, -0.1) is 0 Å². The van der Waals surface area contributed by atoms with Crippen LogP contribution >= 0.6 is 0 Å². The minimum absolute atomic E-state index is 0.190. The molecule has 0 bridgehead atoms. The van der Waals surface area contributed by atoms with Crippen molar-refractivity contribution in [3.8, 4) is 5.75 Å². The van der Waals surface area contributed by atoms with Gasteiger partial charge in [0.1, 0.15) is 0 Å². The average molecular weight is 255 g/mol. The minimum atomic E-state index is -0.622. The fourth-order valence-corrected chi connectivity index (χ4v) is 1.66. The van der Waals surface area contributed by atoms with Gasteiger partial charge in [-0.1, -0.05) is 6.92 Å². The molecule has 18 heavy (non-hydrogen) atoms. The molecule has 0 amide bonds. The van der Waals surface area contributed by atoms with Crippen molar-refractivity contribution in [2.24, 2.45) is 0 Å². The second kappa shape index (κ2) is 5.65. The van der Waals surface area contributed by atoms with E-state index >= 15 is 0 Å². The van der Waals surface area contributed by atoms with Crippen LogP contribution in [-0.2, 0) is 6.54 Å². The third kappa shape index (κ3) is 3.42. The average Bonchev–Trinajstić information content (AvgIpc) is 3.15. The first-order valence-corrected chi connectivity index (χ1v) is 6.48. The van der Waals surface area contributed by atoms with Gasteiger partial charge < -0.3 is 10.1 Å². The number of benzene rings is 1. The topological polar surface area (TPSA) is 21.3 Å². The number of hydrogen-bond acceptors (Lipinski definition) is 2. The molecule has 2 rings (SSSR count). The number of rotatable bonds is 6. The Balaban J connectivity index is 2.06. The van der Waals surface area contributed by atoms with Crippen LogP contribution in [0.1, 0.15) is 38.7 Å². The molecule has 1 aromatic carbocycles. The highest BCUT2D eigenvalue weighted by atomic mass is 19.1. The second-order valence-electron chi connectivity index (χ2n) is 4.88. The Morgan fingerprint density at radius 1 is 1.33 bits per heavy atom. The summed E-state index contributed by atoms with van der Waals surface area (Å²) in [4.78, 5) is 0. The summed E-state index contributed by atoms with van der Waals surface area (Å²) < 4.78 is 32.8. The van der Waals surface area contributed by atoms with Crippen molar-refractivity contribution in [1.29, 1.82) is 0 Å². The lowest BCUT2D eigenvalue weighted by molar-refractivity contribution is 0.197. The first-order valence-electron chi connectivity index (χ1n) is 6.48. The Morgan fingerprint density at radius 3 is 2.44 bits per heavy atom. The quantitative estimate of drug-likeness (QED) is 0.841. The van der Waals surface area contributed by atoms with E-state index in [9.17, 15) is 8.78 Å². The molecule has 1 N–H and O–H groups in total. The van der Waals surface area contributed by atoms with E-state index in [1.54, 1.807) is 6.92 Å². The molecule has 4 heteroatoms. The maximum Gasteiger partial charge on any atom is 0.191 e. The molecule has 2 nitrogen and oxygen atoms in total. The van der Waals surface area contributed by atoms with Gasteiger partial charge >= 0.3 is 0 Å². The van der Waals surface area contributed by atoms with Crippen LogP contribution in [0.4, 0.5) is 8.78 Å². The van der Waals surface area contributed by atoms with Crippen molar-refractivity contribution < 1.29 is 13.5 Å². The van der Waals surface area contributed by atoms with Crippen molar-refractivity contribution in [2.45, 2.75) is 51.8 Å². The summed E-state index contributed by atoms with van der Waals surface area (Å²) in [6, 6.07) is 3.21. The fourth-order valence-electron chi connectivity index (χ4n) is 1.66. The van der Waals surface area contributed by atoms with Crippen LogP contribution in [0.25, 0.3) is 0 Å². The van der Waals surface area contributed by atoms with E-state index in [0.29, 0.717) is 24.6 Å². The van der Waals surface area contributed by atoms with Crippen LogP contribution < -0.4 is 10.1 Å². The van der Waals surface area contributed by atoms with Gasteiger partial charge in [-0.05, 0) is 43.9 Å². The Labute approximate surface area is 106 Å². The van der Waals surface area contributed by atoms with Crippen LogP contribution in [0.3, 0.4) is 0 Å². The van der Waals surface area contributed by atoms with E-state index in [2.05, 4.69) is 5.32 Å². The molecule has 0 heterocycles. The van der Waals surface area contributed by atoms with Crippen LogP contribution in [0.2, 0.25) is 0 Å². The number of hydrogen-bond donors (Lipinski definition) is 1. The molecular weight excluding hydrogens is 236 g/mol. The first kappa shape index (κ1) is 13.3. The Kier molecular flexibility index (Phi) is 4.17. The van der Waals surface area contributed by atoms with E-state index in [1.165, 1.54) is 12.1 Å². The van der Waals surface area contributed by atoms with Crippen LogP contribution in [0.15, 0.2) is 12.1 Å². The molecule has 0 aromatic heterocycles. The molecule has 1 aliphatic rings. The van der Waals surface area contributed by atoms with Crippen LogP contribution in [0, 0.1) is 11.6 Å². The van der Waals surface area contributed by atoms with E-state index in [4.69, 9.17) is 4.74 Å². The molecule has 0 spiro atoms. The SMILES string of the molecule is CCC(C)Oc1c(F)cc(CNC2CC2)cc1F. The van der Waals surface area contributed by atoms with E-state index in [-0.39, 0.29) is 11.9 Å². The minimum Gasteiger partial charge on any atom is -0.485 e. The maximum atomic E-state index is 13.8. The summed E-state index contributed by atoms with van der Waals surface area (Å²) in [6.07, 6.45) is 2.83. The first-order chi connectivity index (χ1) is 8.60. The molecular formula is C14H19F2NO. The largest absolute Gasteiger partial charge is 0.485 e. The monoisotopic (exact) mass is 255 g/mol. The van der Waals surface area contributed by atoms with Crippen molar-refractivity contribution in [1.82, 2.24) is 5.32 Å². The van der Waals surface area contributed by atoms with Gasteiger partial charge in [0.2, 0.25) is 0 Å². The highest BCUT2D eigenvalue weighted by Gasteiger charge is 2.21. The highest BCUT2D eigenvalue weighted by Crippen LogP contribution is 2.26. The summed E-state index contributed by atoms with van der Waals surface area (Å²) in [5.74, 6) is -1.51. The smallest absolute Gasteiger partial charge is 0.191 e. The van der Waals surface area contributed by atoms with Gasteiger partial charge in [-0.25, -0.2) is 8.78 Å². The molecule has 1 atom stereocenters. The predicted octanol–water partition coefficient (Wildman–Crippen LogP) is 3.39. The van der Waals surface area contributed by atoms with Crippen LogP contribution in [-0.4, -0.2) is 12.1 Å². The van der Waals surface area contributed by atoms with Crippen molar-refractivity contribution >= 4 is 0 Å². The highest BCUT2D eigenvalue weighted by molar-refractivity contribution is 5.31. The Bertz CT molecular complexity index is 395. The maximum absolute atomic E-state index is 13.8. The predicted molar refractivity (Wildman–Crippen MR) is 66.6 cm³/mol. The van der Waals surface area contributed by atoms with Gasteiger partial charge in [-0.3, -0.25) is 0 Å². The van der Waals surface area contributed by atoms with Crippen molar-refractivity contribution in [2.75, 3.05) is 0 Å². The molecule has 1 saturated carbocycles.